The molecule has 0 aliphatic rings. The maximum atomic E-state index is 5.79. The zero-order valence-corrected chi connectivity index (χ0v) is 11.3. The van der Waals surface area contributed by atoms with Gasteiger partial charge in [-0.2, -0.15) is 11.8 Å². The van der Waals surface area contributed by atoms with Gasteiger partial charge in [-0.05, 0) is 47.3 Å². The average molecular weight is 266 g/mol. The van der Waals surface area contributed by atoms with Crippen LogP contribution in [0, 0.1) is 0 Å². The van der Waals surface area contributed by atoms with Crippen molar-refractivity contribution in [3.63, 3.8) is 0 Å². The predicted molar refractivity (Wildman–Crippen MR) is 76.9 cm³/mol. The van der Waals surface area contributed by atoms with Gasteiger partial charge in [0.2, 0.25) is 0 Å². The lowest BCUT2D eigenvalue weighted by atomic mass is 10.2. The number of unbranched alkanes of at least 4 members (excludes halogenated alkanes) is 2. The molecule has 0 saturated heterocycles. The van der Waals surface area contributed by atoms with Gasteiger partial charge >= 0.3 is 0 Å². The molecule has 0 saturated carbocycles. The lowest BCUT2D eigenvalue weighted by Gasteiger charge is -2.06. The Kier molecular flexibility index (Phi) is 4.69. The Balaban J connectivity index is 1.88. The van der Waals surface area contributed by atoms with E-state index < -0.39 is 0 Å². The summed E-state index contributed by atoms with van der Waals surface area (Å²) in [5.41, 5.74) is 8.65. The number of nitrogens with one attached hydrogen (secondary N) is 1. The number of nitrogens with two attached hydrogens (primary N) is 1. The van der Waals surface area contributed by atoms with Gasteiger partial charge in [0.1, 0.15) is 0 Å². The van der Waals surface area contributed by atoms with Crippen molar-refractivity contribution < 1.29 is 4.63 Å². The van der Waals surface area contributed by atoms with Gasteiger partial charge in [-0.15, -0.1) is 0 Å². The molecule has 0 aliphatic heterocycles. The monoisotopic (exact) mass is 266 g/mol. The summed E-state index contributed by atoms with van der Waals surface area (Å²) in [4.78, 5) is 0. The maximum absolute atomic E-state index is 5.79. The zero-order chi connectivity index (χ0) is 12.8. The Morgan fingerprint density at radius 1 is 1.22 bits per heavy atom. The van der Waals surface area contributed by atoms with E-state index in [-0.39, 0.29) is 0 Å². The molecule has 0 atom stereocenters. The van der Waals surface area contributed by atoms with Crippen LogP contribution in [0.2, 0.25) is 0 Å². The summed E-state index contributed by atoms with van der Waals surface area (Å²) in [6.07, 6.45) is 5.80. The summed E-state index contributed by atoms with van der Waals surface area (Å²) in [6.45, 7) is 0.931. The largest absolute Gasteiger partial charge is 0.397 e. The van der Waals surface area contributed by atoms with Crippen molar-refractivity contribution in [3.8, 4) is 0 Å². The molecule has 98 valence electrons. The first kappa shape index (κ1) is 13.0. The highest BCUT2D eigenvalue weighted by molar-refractivity contribution is 7.98. The quantitative estimate of drug-likeness (QED) is 0.592. The van der Waals surface area contributed by atoms with E-state index >= 15 is 0 Å². The third-order valence-corrected chi connectivity index (χ3v) is 3.48. The van der Waals surface area contributed by atoms with Crippen LogP contribution in [0.4, 0.5) is 11.4 Å². The summed E-state index contributed by atoms with van der Waals surface area (Å²) in [5, 5.41) is 11.0. The summed E-state index contributed by atoms with van der Waals surface area (Å²) < 4.78 is 4.72. The summed E-state index contributed by atoms with van der Waals surface area (Å²) in [6, 6.07) is 3.74. The van der Waals surface area contributed by atoms with Gasteiger partial charge in [-0.1, -0.05) is 6.42 Å². The topological polar surface area (TPSA) is 77.0 Å². The van der Waals surface area contributed by atoms with Gasteiger partial charge in [-0.25, -0.2) is 4.63 Å². The van der Waals surface area contributed by atoms with Crippen molar-refractivity contribution in [1.29, 1.82) is 0 Å². The fourth-order valence-corrected chi connectivity index (χ4v) is 2.29. The van der Waals surface area contributed by atoms with Gasteiger partial charge in [0.25, 0.3) is 0 Å². The lowest BCUT2D eigenvalue weighted by molar-refractivity contribution is 0.316. The lowest BCUT2D eigenvalue weighted by Crippen LogP contribution is -2.02. The Bertz CT molecular complexity index is 500. The van der Waals surface area contributed by atoms with Crippen molar-refractivity contribution in [2.24, 2.45) is 0 Å². The molecule has 0 aliphatic carbocycles. The van der Waals surface area contributed by atoms with Crippen molar-refractivity contribution >= 4 is 34.2 Å². The first-order chi connectivity index (χ1) is 8.83. The van der Waals surface area contributed by atoms with Crippen LogP contribution in [-0.4, -0.2) is 28.9 Å². The number of aromatic nitrogens is 2. The number of fused-ring (bicyclic) bond motifs is 1. The standard InChI is InChI=1S/C12H18N4OS/c1-18-8-4-2-3-7-14-10-6-5-9(13)11-12(10)16-17-15-11/h5-6,14H,2-4,7-8,13H2,1H3. The molecular weight excluding hydrogens is 248 g/mol. The van der Waals surface area contributed by atoms with Crippen LogP contribution in [0.15, 0.2) is 16.8 Å². The van der Waals surface area contributed by atoms with Gasteiger partial charge in [-0.3, -0.25) is 0 Å². The van der Waals surface area contributed by atoms with E-state index in [9.17, 15) is 0 Å². The van der Waals surface area contributed by atoms with E-state index in [4.69, 9.17) is 10.4 Å². The van der Waals surface area contributed by atoms with E-state index in [0.29, 0.717) is 16.7 Å². The third-order valence-electron chi connectivity index (χ3n) is 2.79. The molecule has 1 aromatic heterocycles. The first-order valence-electron chi connectivity index (χ1n) is 6.06. The SMILES string of the molecule is CSCCCCCNc1ccc(N)c2nonc12. The van der Waals surface area contributed by atoms with Gasteiger partial charge < -0.3 is 11.1 Å². The Morgan fingerprint density at radius 3 is 2.89 bits per heavy atom. The number of nitrogen functional groups attached to an aromatic ring is 1. The van der Waals surface area contributed by atoms with Gasteiger partial charge in [0.15, 0.2) is 11.0 Å². The third kappa shape index (κ3) is 3.07. The molecule has 2 aromatic rings. The van der Waals surface area contributed by atoms with Gasteiger partial charge in [0.05, 0.1) is 11.4 Å². The van der Waals surface area contributed by atoms with Crippen molar-refractivity contribution in [2.75, 3.05) is 29.6 Å². The van der Waals surface area contributed by atoms with E-state index in [1.807, 2.05) is 23.9 Å². The summed E-state index contributed by atoms with van der Waals surface area (Å²) >= 11 is 1.90. The summed E-state index contributed by atoms with van der Waals surface area (Å²) in [5.74, 6) is 1.24. The van der Waals surface area contributed by atoms with Crippen LogP contribution in [0.5, 0.6) is 0 Å². The fourth-order valence-electron chi connectivity index (χ4n) is 1.80. The number of hydrogen-bond acceptors (Lipinski definition) is 6. The number of nitrogens with zero attached hydrogens (tertiary/aromatic N) is 2. The molecule has 0 fully saturated rings. The fraction of sp³-hybridized carbons (Fsp3) is 0.500. The second-order valence-electron chi connectivity index (χ2n) is 4.14. The zero-order valence-electron chi connectivity index (χ0n) is 10.5. The highest BCUT2D eigenvalue weighted by atomic mass is 32.2. The van der Waals surface area contributed by atoms with Crippen LogP contribution in [0.25, 0.3) is 11.0 Å². The normalized spacial score (nSPS) is 10.9. The number of benzene rings is 1. The van der Waals surface area contributed by atoms with E-state index in [1.54, 1.807) is 0 Å². The Hall–Kier alpha value is -1.43. The minimum atomic E-state index is 0.594. The number of anilines is 2. The van der Waals surface area contributed by atoms with Crippen LogP contribution in [-0.2, 0) is 0 Å². The van der Waals surface area contributed by atoms with E-state index in [0.717, 1.165) is 18.7 Å². The molecular formula is C12H18N4OS. The highest BCUT2D eigenvalue weighted by Crippen LogP contribution is 2.25. The molecule has 0 radical (unpaired) electrons. The Labute approximate surface area is 110 Å². The smallest absolute Gasteiger partial charge is 0.160 e. The number of hydrogen-bond donors (Lipinski definition) is 2. The summed E-state index contributed by atoms with van der Waals surface area (Å²) in [7, 11) is 0. The van der Waals surface area contributed by atoms with Crippen LogP contribution >= 0.6 is 11.8 Å². The van der Waals surface area contributed by atoms with Gasteiger partial charge in [0, 0.05) is 6.54 Å². The van der Waals surface area contributed by atoms with Crippen molar-refractivity contribution in [2.45, 2.75) is 19.3 Å². The molecule has 3 N–H and O–H groups in total. The molecule has 5 nitrogen and oxygen atoms in total. The first-order valence-corrected chi connectivity index (χ1v) is 7.46. The molecule has 6 heteroatoms. The minimum Gasteiger partial charge on any atom is -0.397 e. The second kappa shape index (κ2) is 6.49. The minimum absolute atomic E-state index is 0.594. The highest BCUT2D eigenvalue weighted by Gasteiger charge is 2.09. The second-order valence-corrected chi connectivity index (χ2v) is 5.13. The van der Waals surface area contributed by atoms with Crippen LogP contribution in [0.1, 0.15) is 19.3 Å². The van der Waals surface area contributed by atoms with Crippen molar-refractivity contribution in [1.82, 2.24) is 10.3 Å². The maximum Gasteiger partial charge on any atom is 0.160 e. The van der Waals surface area contributed by atoms with E-state index in [2.05, 4.69) is 21.9 Å². The van der Waals surface area contributed by atoms with Crippen molar-refractivity contribution in [3.05, 3.63) is 12.1 Å². The molecule has 0 spiro atoms. The molecule has 0 amide bonds. The molecule has 18 heavy (non-hydrogen) atoms. The van der Waals surface area contributed by atoms with E-state index in [1.165, 1.54) is 18.6 Å². The average Bonchev–Trinajstić information content (AvgIpc) is 2.86. The molecule has 0 unspecified atom stereocenters. The molecule has 1 aromatic carbocycles. The number of thioether (sulfide) groups is 1. The Morgan fingerprint density at radius 2 is 2.06 bits per heavy atom. The van der Waals surface area contributed by atoms with Crippen LogP contribution < -0.4 is 11.1 Å². The van der Waals surface area contributed by atoms with Crippen LogP contribution in [0.3, 0.4) is 0 Å². The molecule has 0 bridgehead atoms. The molecule has 2 rings (SSSR count). The number of rotatable bonds is 7. The molecule has 1 heterocycles. The predicted octanol–water partition coefficient (Wildman–Crippen LogP) is 2.75.